The Hall–Kier alpha value is -1.20. The molecule has 0 amide bonds. The van der Waals surface area contributed by atoms with Crippen molar-refractivity contribution >= 4 is 14.0 Å². The molecule has 0 atom stereocenters. The van der Waals surface area contributed by atoms with Crippen molar-refractivity contribution in [3.63, 3.8) is 0 Å². The summed E-state index contributed by atoms with van der Waals surface area (Å²) in [7, 11) is -1.21. The fourth-order valence-electron chi connectivity index (χ4n) is 1.72. The molecule has 3 nitrogen and oxygen atoms in total. The van der Waals surface area contributed by atoms with E-state index in [1.165, 1.54) is 11.1 Å². The Kier molecular flexibility index (Phi) is 7.60. The van der Waals surface area contributed by atoms with Gasteiger partial charge in [0.15, 0.2) is 0 Å². The SMILES string of the molecule is CO[Si](OCC=C(C)C)(OCC=C(C)C)c1ccccc1. The Bertz CT molecular complexity index is 450. The molecule has 0 bridgehead atoms. The summed E-state index contributed by atoms with van der Waals surface area (Å²) >= 11 is 0. The highest BCUT2D eigenvalue weighted by Crippen LogP contribution is 2.11. The van der Waals surface area contributed by atoms with Crippen molar-refractivity contribution in [3.05, 3.63) is 53.6 Å². The van der Waals surface area contributed by atoms with Gasteiger partial charge in [0.2, 0.25) is 0 Å². The Labute approximate surface area is 129 Å². The third-order valence-electron chi connectivity index (χ3n) is 2.93. The highest BCUT2D eigenvalue weighted by molar-refractivity contribution is 6.75. The van der Waals surface area contributed by atoms with Crippen LogP contribution in [0.1, 0.15) is 27.7 Å². The van der Waals surface area contributed by atoms with Crippen molar-refractivity contribution in [3.8, 4) is 0 Å². The first-order chi connectivity index (χ1) is 10.00. The molecule has 0 N–H and O–H groups in total. The lowest BCUT2D eigenvalue weighted by Crippen LogP contribution is -2.56. The van der Waals surface area contributed by atoms with E-state index in [0.717, 1.165) is 5.19 Å². The average Bonchev–Trinajstić information content (AvgIpc) is 2.46. The summed E-state index contributed by atoms with van der Waals surface area (Å²) in [6, 6.07) is 9.93. The molecule has 0 aliphatic carbocycles. The summed E-state index contributed by atoms with van der Waals surface area (Å²) in [5.74, 6) is 0. The predicted molar refractivity (Wildman–Crippen MR) is 89.6 cm³/mol. The van der Waals surface area contributed by atoms with Gasteiger partial charge in [-0.15, -0.1) is 0 Å². The minimum absolute atomic E-state index is 0.492. The van der Waals surface area contributed by atoms with Gasteiger partial charge in [-0.1, -0.05) is 53.6 Å². The zero-order valence-electron chi connectivity index (χ0n) is 13.7. The molecule has 0 aromatic heterocycles. The van der Waals surface area contributed by atoms with Crippen molar-refractivity contribution in [2.24, 2.45) is 0 Å². The van der Waals surface area contributed by atoms with Crippen LogP contribution in [0.15, 0.2) is 53.6 Å². The van der Waals surface area contributed by atoms with E-state index in [2.05, 4.69) is 0 Å². The lowest BCUT2D eigenvalue weighted by atomic mass is 10.3. The summed E-state index contributed by atoms with van der Waals surface area (Å²) in [5.41, 5.74) is 2.43. The number of benzene rings is 1. The fourth-order valence-corrected chi connectivity index (χ4v) is 3.82. The monoisotopic (exact) mass is 306 g/mol. The van der Waals surface area contributed by atoms with Crippen LogP contribution in [0.5, 0.6) is 0 Å². The lowest BCUT2D eigenvalue weighted by molar-refractivity contribution is 0.113. The van der Waals surface area contributed by atoms with Crippen molar-refractivity contribution in [1.82, 2.24) is 0 Å². The number of hydrogen-bond acceptors (Lipinski definition) is 3. The van der Waals surface area contributed by atoms with E-state index in [1.807, 2.05) is 70.2 Å². The van der Waals surface area contributed by atoms with Crippen LogP contribution in [0.25, 0.3) is 0 Å². The summed E-state index contributed by atoms with van der Waals surface area (Å²) in [6.07, 6.45) is 4.07. The van der Waals surface area contributed by atoms with Crippen LogP contribution in [0.3, 0.4) is 0 Å². The maximum Gasteiger partial charge on any atom is 0.537 e. The minimum atomic E-state index is -2.87. The largest absolute Gasteiger partial charge is 0.537 e. The van der Waals surface area contributed by atoms with Gasteiger partial charge in [-0.25, -0.2) is 0 Å². The van der Waals surface area contributed by atoms with Crippen molar-refractivity contribution in [1.29, 1.82) is 0 Å². The van der Waals surface area contributed by atoms with Gasteiger partial charge in [0.25, 0.3) is 0 Å². The topological polar surface area (TPSA) is 27.7 Å². The van der Waals surface area contributed by atoms with E-state index in [4.69, 9.17) is 13.3 Å². The summed E-state index contributed by atoms with van der Waals surface area (Å²) < 4.78 is 17.8. The first kappa shape index (κ1) is 17.8. The van der Waals surface area contributed by atoms with E-state index in [0.29, 0.717) is 13.2 Å². The molecular formula is C17H26O3Si. The lowest BCUT2D eigenvalue weighted by Gasteiger charge is -2.27. The second kappa shape index (κ2) is 8.95. The second-order valence-electron chi connectivity index (χ2n) is 5.31. The minimum Gasteiger partial charge on any atom is -0.373 e. The highest BCUT2D eigenvalue weighted by atomic mass is 28.4. The van der Waals surface area contributed by atoms with Gasteiger partial charge in [0, 0.05) is 12.3 Å². The second-order valence-corrected chi connectivity index (χ2v) is 7.99. The van der Waals surface area contributed by atoms with Gasteiger partial charge in [0.05, 0.1) is 13.2 Å². The molecule has 0 spiro atoms. The fraction of sp³-hybridized carbons (Fsp3) is 0.412. The van der Waals surface area contributed by atoms with Crippen LogP contribution in [0.4, 0.5) is 0 Å². The quantitative estimate of drug-likeness (QED) is 0.544. The van der Waals surface area contributed by atoms with Gasteiger partial charge in [-0.05, 0) is 27.7 Å². The third kappa shape index (κ3) is 5.97. The van der Waals surface area contributed by atoms with Crippen LogP contribution in [-0.4, -0.2) is 29.1 Å². The average molecular weight is 306 g/mol. The van der Waals surface area contributed by atoms with Crippen LogP contribution in [0.2, 0.25) is 0 Å². The van der Waals surface area contributed by atoms with Crippen LogP contribution in [0, 0.1) is 0 Å². The van der Waals surface area contributed by atoms with Gasteiger partial charge < -0.3 is 13.3 Å². The molecule has 116 valence electrons. The molecule has 0 heterocycles. The molecule has 21 heavy (non-hydrogen) atoms. The zero-order valence-corrected chi connectivity index (χ0v) is 14.7. The standard InChI is InChI=1S/C17H26O3Si/c1-15(2)11-13-19-21(18-5,20-14-12-16(3)4)17-9-7-6-8-10-17/h6-12H,13-14H2,1-5H3. The maximum absolute atomic E-state index is 6.05. The molecule has 1 aromatic rings. The first-order valence-electron chi connectivity index (χ1n) is 7.15. The van der Waals surface area contributed by atoms with Crippen molar-refractivity contribution in [2.75, 3.05) is 20.3 Å². The van der Waals surface area contributed by atoms with Crippen molar-refractivity contribution < 1.29 is 13.3 Å². The smallest absolute Gasteiger partial charge is 0.373 e. The molecule has 1 aromatic carbocycles. The van der Waals surface area contributed by atoms with Crippen LogP contribution >= 0.6 is 0 Å². The molecule has 4 heteroatoms. The van der Waals surface area contributed by atoms with Gasteiger partial charge in [0.1, 0.15) is 0 Å². The molecule has 1 rings (SSSR count). The third-order valence-corrected chi connectivity index (χ3v) is 5.60. The number of rotatable bonds is 8. The van der Waals surface area contributed by atoms with E-state index in [1.54, 1.807) is 7.11 Å². The molecule has 0 fully saturated rings. The Morgan fingerprint density at radius 3 is 1.76 bits per heavy atom. The molecule has 0 saturated heterocycles. The van der Waals surface area contributed by atoms with Crippen molar-refractivity contribution in [2.45, 2.75) is 27.7 Å². The maximum atomic E-state index is 6.05. The summed E-state index contributed by atoms with van der Waals surface area (Å²) in [5, 5.41) is 0.983. The van der Waals surface area contributed by atoms with Gasteiger partial charge >= 0.3 is 8.80 Å². The molecular weight excluding hydrogens is 280 g/mol. The van der Waals surface area contributed by atoms with E-state index in [-0.39, 0.29) is 0 Å². The van der Waals surface area contributed by atoms with Gasteiger partial charge in [-0.3, -0.25) is 0 Å². The Balaban J connectivity index is 2.95. The molecule has 0 radical (unpaired) electrons. The number of hydrogen-bond donors (Lipinski definition) is 0. The first-order valence-corrected chi connectivity index (χ1v) is 8.88. The predicted octanol–water partition coefficient (Wildman–Crippen LogP) is 3.44. The van der Waals surface area contributed by atoms with E-state index < -0.39 is 8.80 Å². The molecule has 0 unspecified atom stereocenters. The van der Waals surface area contributed by atoms with E-state index in [9.17, 15) is 0 Å². The highest BCUT2D eigenvalue weighted by Gasteiger charge is 2.42. The van der Waals surface area contributed by atoms with E-state index >= 15 is 0 Å². The summed E-state index contributed by atoms with van der Waals surface area (Å²) in [4.78, 5) is 0. The zero-order chi connectivity index (χ0) is 15.7. The number of allylic oxidation sites excluding steroid dienone is 2. The molecule has 0 saturated carbocycles. The molecule has 0 aliphatic rings. The summed E-state index contributed by atoms with van der Waals surface area (Å²) in [6.45, 7) is 9.17. The normalized spacial score (nSPS) is 11.1. The Morgan fingerprint density at radius 1 is 0.905 bits per heavy atom. The molecule has 0 aliphatic heterocycles. The van der Waals surface area contributed by atoms with Crippen LogP contribution in [-0.2, 0) is 13.3 Å². The van der Waals surface area contributed by atoms with Crippen LogP contribution < -0.4 is 5.19 Å². The Morgan fingerprint density at radius 2 is 1.38 bits per heavy atom. The van der Waals surface area contributed by atoms with Gasteiger partial charge in [-0.2, -0.15) is 0 Å².